The normalized spacial score (nSPS) is 11.4. The molecule has 0 spiro atoms. The lowest BCUT2D eigenvalue weighted by Gasteiger charge is -2.26. The second kappa shape index (κ2) is 15.0. The average molecular weight is 726 g/mol. The van der Waals surface area contributed by atoms with Crippen LogP contribution in [0.4, 0.5) is 17.1 Å². The summed E-state index contributed by atoms with van der Waals surface area (Å²) in [6, 6.07) is 81.0. The van der Waals surface area contributed by atoms with Gasteiger partial charge in [-0.1, -0.05) is 200 Å². The lowest BCUT2D eigenvalue weighted by atomic mass is 9.86. The van der Waals surface area contributed by atoms with E-state index in [1.54, 1.807) is 0 Å². The van der Waals surface area contributed by atoms with Crippen molar-refractivity contribution in [1.82, 2.24) is 0 Å². The van der Waals surface area contributed by atoms with Gasteiger partial charge in [-0.3, -0.25) is 0 Å². The van der Waals surface area contributed by atoms with Gasteiger partial charge < -0.3 is 4.90 Å². The first kappa shape index (κ1) is 34.0. The molecule has 10 aromatic carbocycles. The maximum absolute atomic E-state index is 2.34. The van der Waals surface area contributed by atoms with E-state index >= 15 is 0 Å². The van der Waals surface area contributed by atoms with Crippen LogP contribution in [-0.2, 0) is 0 Å². The maximum atomic E-state index is 2.34. The van der Waals surface area contributed by atoms with Gasteiger partial charge in [-0.25, -0.2) is 0 Å². The van der Waals surface area contributed by atoms with Crippen LogP contribution < -0.4 is 4.90 Å². The predicted molar refractivity (Wildman–Crippen MR) is 245 cm³/mol. The van der Waals surface area contributed by atoms with Crippen LogP contribution in [0.2, 0.25) is 0 Å². The zero-order valence-corrected chi connectivity index (χ0v) is 31.5. The molecular formula is C56H39N. The molecule has 0 N–H and O–H groups in total. The molecule has 0 atom stereocenters. The Kier molecular flexibility index (Phi) is 8.95. The molecule has 57 heavy (non-hydrogen) atoms. The molecule has 0 fully saturated rings. The highest BCUT2D eigenvalue weighted by molar-refractivity contribution is 6.21. The van der Waals surface area contributed by atoms with Crippen molar-refractivity contribution in [3.8, 4) is 33.4 Å². The Morgan fingerprint density at radius 2 is 0.649 bits per heavy atom. The second-order valence-electron chi connectivity index (χ2n) is 14.5. The summed E-state index contributed by atoms with van der Waals surface area (Å²) in [5.74, 6) is 0. The second-order valence-corrected chi connectivity index (χ2v) is 14.5. The van der Waals surface area contributed by atoms with E-state index in [-0.39, 0.29) is 0 Å². The van der Waals surface area contributed by atoms with Crippen LogP contribution in [0.1, 0.15) is 11.1 Å². The van der Waals surface area contributed by atoms with Crippen molar-refractivity contribution in [2.75, 3.05) is 4.90 Å². The molecule has 0 saturated carbocycles. The standard InChI is InChI=1S/C56H39N/c1-3-13-42(14-4-1)44-29-25-40(26-30-44)23-24-41-27-31-45(32-28-41)55-51-19-9-11-21-53(51)56(54-22-12-10-20-52(54)55)46-34-36-49(37-35-46)57(48-17-5-2-6-18-48)50-38-33-43-15-7-8-16-47(43)39-50/h1-39H. The van der Waals surface area contributed by atoms with Gasteiger partial charge in [0.2, 0.25) is 0 Å². The van der Waals surface area contributed by atoms with E-state index in [1.807, 2.05) is 0 Å². The summed E-state index contributed by atoms with van der Waals surface area (Å²) in [6.45, 7) is 0. The fourth-order valence-electron chi connectivity index (χ4n) is 8.24. The van der Waals surface area contributed by atoms with Gasteiger partial charge in [-0.05, 0) is 113 Å². The van der Waals surface area contributed by atoms with Gasteiger partial charge in [0.1, 0.15) is 0 Å². The molecular weight excluding hydrogens is 687 g/mol. The number of anilines is 3. The third kappa shape index (κ3) is 6.66. The summed E-state index contributed by atoms with van der Waals surface area (Å²) in [5.41, 5.74) is 13.1. The number of para-hydroxylation sites is 1. The summed E-state index contributed by atoms with van der Waals surface area (Å²) < 4.78 is 0. The minimum absolute atomic E-state index is 1.11. The van der Waals surface area contributed by atoms with Crippen molar-refractivity contribution in [2.24, 2.45) is 0 Å². The van der Waals surface area contributed by atoms with E-state index < -0.39 is 0 Å². The van der Waals surface area contributed by atoms with Gasteiger partial charge in [-0.15, -0.1) is 0 Å². The average Bonchev–Trinajstić information content (AvgIpc) is 3.29. The molecule has 0 unspecified atom stereocenters. The van der Waals surface area contributed by atoms with Crippen LogP contribution in [0.5, 0.6) is 0 Å². The number of fused-ring (bicyclic) bond motifs is 3. The molecule has 0 saturated heterocycles. The first-order chi connectivity index (χ1) is 28.3. The van der Waals surface area contributed by atoms with Crippen molar-refractivity contribution in [2.45, 2.75) is 0 Å². The maximum Gasteiger partial charge on any atom is 0.0468 e. The Bertz CT molecular complexity index is 2960. The lowest BCUT2D eigenvalue weighted by Crippen LogP contribution is -2.09. The zero-order chi connectivity index (χ0) is 38.0. The van der Waals surface area contributed by atoms with Crippen LogP contribution in [0.25, 0.3) is 77.9 Å². The predicted octanol–water partition coefficient (Wildman–Crippen LogP) is 15.8. The van der Waals surface area contributed by atoms with Crippen molar-refractivity contribution in [3.05, 3.63) is 236 Å². The molecule has 0 aliphatic heterocycles. The molecule has 0 amide bonds. The van der Waals surface area contributed by atoms with E-state index in [4.69, 9.17) is 0 Å². The molecule has 0 bridgehead atoms. The fourth-order valence-corrected chi connectivity index (χ4v) is 8.24. The van der Waals surface area contributed by atoms with Crippen LogP contribution >= 0.6 is 0 Å². The quantitative estimate of drug-likeness (QED) is 0.111. The number of rotatable bonds is 8. The highest BCUT2D eigenvalue weighted by atomic mass is 15.1. The molecule has 0 radical (unpaired) electrons. The van der Waals surface area contributed by atoms with E-state index in [1.165, 1.54) is 76.8 Å². The minimum atomic E-state index is 1.11. The first-order valence-electron chi connectivity index (χ1n) is 19.6. The van der Waals surface area contributed by atoms with Crippen LogP contribution in [0, 0.1) is 0 Å². The minimum Gasteiger partial charge on any atom is -0.310 e. The number of hydrogen-bond acceptors (Lipinski definition) is 1. The molecule has 0 aliphatic rings. The van der Waals surface area contributed by atoms with Crippen LogP contribution in [0.15, 0.2) is 224 Å². The van der Waals surface area contributed by atoms with Gasteiger partial charge in [0.25, 0.3) is 0 Å². The topological polar surface area (TPSA) is 3.24 Å². The lowest BCUT2D eigenvalue weighted by molar-refractivity contribution is 1.29. The number of benzene rings is 10. The summed E-state index contributed by atoms with van der Waals surface area (Å²) >= 11 is 0. The molecule has 10 rings (SSSR count). The SMILES string of the molecule is C(=Cc1ccc(-c2c3ccccc3c(-c3ccc(N(c4ccccc4)c4ccc5ccccc5c4)cc3)c3ccccc23)cc1)c1ccc(-c2ccccc2)cc1. The smallest absolute Gasteiger partial charge is 0.0468 e. The highest BCUT2D eigenvalue weighted by Crippen LogP contribution is 2.45. The van der Waals surface area contributed by atoms with Gasteiger partial charge in [0.05, 0.1) is 0 Å². The van der Waals surface area contributed by atoms with Crippen molar-refractivity contribution in [1.29, 1.82) is 0 Å². The van der Waals surface area contributed by atoms with Gasteiger partial charge in [-0.2, -0.15) is 0 Å². The molecule has 1 nitrogen and oxygen atoms in total. The summed E-state index contributed by atoms with van der Waals surface area (Å²) in [4.78, 5) is 2.34. The van der Waals surface area contributed by atoms with E-state index in [0.29, 0.717) is 0 Å². The Balaban J connectivity index is 1.01. The summed E-state index contributed by atoms with van der Waals surface area (Å²) in [7, 11) is 0. The zero-order valence-electron chi connectivity index (χ0n) is 31.5. The van der Waals surface area contributed by atoms with Crippen LogP contribution in [-0.4, -0.2) is 0 Å². The largest absolute Gasteiger partial charge is 0.310 e. The van der Waals surface area contributed by atoms with Gasteiger partial charge >= 0.3 is 0 Å². The third-order valence-electron chi connectivity index (χ3n) is 11.0. The molecule has 0 aromatic heterocycles. The third-order valence-corrected chi connectivity index (χ3v) is 11.0. The van der Waals surface area contributed by atoms with Crippen molar-refractivity contribution >= 4 is 61.5 Å². The molecule has 268 valence electrons. The van der Waals surface area contributed by atoms with Crippen molar-refractivity contribution in [3.63, 3.8) is 0 Å². The summed E-state index contributed by atoms with van der Waals surface area (Å²) in [6.07, 6.45) is 4.39. The molecule has 0 heterocycles. The van der Waals surface area contributed by atoms with E-state index in [0.717, 1.165) is 17.1 Å². The highest BCUT2D eigenvalue weighted by Gasteiger charge is 2.18. The number of nitrogens with zero attached hydrogens (tertiary/aromatic N) is 1. The Labute approximate surface area is 334 Å². The Morgan fingerprint density at radius 1 is 0.263 bits per heavy atom. The monoisotopic (exact) mass is 725 g/mol. The Hall–Kier alpha value is -7.48. The Morgan fingerprint density at radius 3 is 1.19 bits per heavy atom. The van der Waals surface area contributed by atoms with Gasteiger partial charge in [0, 0.05) is 17.1 Å². The summed E-state index contributed by atoms with van der Waals surface area (Å²) in [5, 5.41) is 7.45. The number of hydrogen-bond donors (Lipinski definition) is 0. The van der Waals surface area contributed by atoms with E-state index in [2.05, 4.69) is 242 Å². The van der Waals surface area contributed by atoms with Crippen LogP contribution in [0.3, 0.4) is 0 Å². The molecule has 10 aromatic rings. The fraction of sp³-hybridized carbons (Fsp3) is 0. The van der Waals surface area contributed by atoms with Gasteiger partial charge in [0.15, 0.2) is 0 Å². The first-order valence-corrected chi connectivity index (χ1v) is 19.6. The van der Waals surface area contributed by atoms with E-state index in [9.17, 15) is 0 Å². The molecule has 0 aliphatic carbocycles. The van der Waals surface area contributed by atoms with Crippen molar-refractivity contribution < 1.29 is 0 Å². The molecule has 1 heteroatoms.